The number of rotatable bonds is 6. The van der Waals surface area contributed by atoms with Gasteiger partial charge in [0.2, 0.25) is 5.90 Å². The van der Waals surface area contributed by atoms with E-state index in [-0.39, 0.29) is 11.6 Å². The van der Waals surface area contributed by atoms with Crippen LogP contribution in [-0.4, -0.2) is 19.0 Å². The van der Waals surface area contributed by atoms with Crippen molar-refractivity contribution >= 4 is 45.5 Å². The fourth-order valence-corrected chi connectivity index (χ4v) is 3.79. The van der Waals surface area contributed by atoms with Crippen LogP contribution in [0.15, 0.2) is 75.8 Å². The summed E-state index contributed by atoms with van der Waals surface area (Å²) in [5.41, 5.74) is 3.64. The monoisotopic (exact) mass is 511 g/mol. The summed E-state index contributed by atoms with van der Waals surface area (Å²) >= 11 is 9.99. The first-order valence-electron chi connectivity index (χ1n) is 9.78. The zero-order valence-corrected chi connectivity index (χ0v) is 19.7. The molecule has 0 fully saturated rings. The smallest absolute Gasteiger partial charge is 0.363 e. The second-order valence-electron chi connectivity index (χ2n) is 7.12. The number of aryl methyl sites for hydroxylation is 1. The molecule has 0 radical (unpaired) electrons. The van der Waals surface area contributed by atoms with E-state index in [9.17, 15) is 4.79 Å². The fraction of sp³-hybridized carbons (Fsp3) is 0.120. The molecule has 0 N–H and O–H groups in total. The van der Waals surface area contributed by atoms with Gasteiger partial charge >= 0.3 is 5.97 Å². The van der Waals surface area contributed by atoms with Crippen molar-refractivity contribution in [2.24, 2.45) is 4.99 Å². The van der Waals surface area contributed by atoms with Gasteiger partial charge in [-0.05, 0) is 48.9 Å². The second kappa shape index (κ2) is 9.59. The minimum atomic E-state index is -0.523. The number of cyclic esters (lactones) is 1. The Balaban J connectivity index is 1.59. The first-order valence-corrected chi connectivity index (χ1v) is 10.9. The predicted octanol–water partition coefficient (Wildman–Crippen LogP) is 6.34. The van der Waals surface area contributed by atoms with Crippen molar-refractivity contribution in [2.75, 3.05) is 7.11 Å². The first kappa shape index (κ1) is 22.1. The highest BCUT2D eigenvalue weighted by atomic mass is 79.9. The predicted molar refractivity (Wildman–Crippen MR) is 128 cm³/mol. The standard InChI is InChI=1S/C25H19BrClNO4/c1-15-7-9-17(10-8-15)24-28-21(25(29)32-24)12-16-11-20(27)23(22(13-16)30-2)31-14-18-5-3-4-6-19(18)26/h3-13H,14H2,1-2H3/b21-12-. The molecule has 0 saturated heterocycles. The highest BCUT2D eigenvalue weighted by Gasteiger charge is 2.24. The number of halogens is 2. The van der Waals surface area contributed by atoms with E-state index in [0.29, 0.717) is 28.7 Å². The molecule has 5 nitrogen and oxygen atoms in total. The van der Waals surface area contributed by atoms with Crippen molar-refractivity contribution in [3.8, 4) is 11.5 Å². The van der Waals surface area contributed by atoms with E-state index in [4.69, 9.17) is 25.8 Å². The van der Waals surface area contributed by atoms with Crippen LogP contribution < -0.4 is 9.47 Å². The molecule has 0 atom stereocenters. The third kappa shape index (κ3) is 4.87. The van der Waals surface area contributed by atoms with E-state index in [1.54, 1.807) is 18.2 Å². The number of ether oxygens (including phenoxy) is 3. The minimum Gasteiger partial charge on any atom is -0.493 e. The number of carbonyl (C=O) groups is 1. The van der Waals surface area contributed by atoms with Crippen molar-refractivity contribution in [2.45, 2.75) is 13.5 Å². The van der Waals surface area contributed by atoms with Gasteiger partial charge in [-0.1, -0.05) is 63.4 Å². The molecule has 0 aliphatic carbocycles. The maximum Gasteiger partial charge on any atom is 0.363 e. The van der Waals surface area contributed by atoms with Crippen LogP contribution in [0.5, 0.6) is 11.5 Å². The van der Waals surface area contributed by atoms with Crippen LogP contribution >= 0.6 is 27.5 Å². The van der Waals surface area contributed by atoms with Gasteiger partial charge in [0.15, 0.2) is 17.2 Å². The normalized spacial score (nSPS) is 14.3. The molecule has 1 heterocycles. The summed E-state index contributed by atoms with van der Waals surface area (Å²) in [5, 5.41) is 0.359. The highest BCUT2D eigenvalue weighted by molar-refractivity contribution is 9.10. The molecule has 0 saturated carbocycles. The summed E-state index contributed by atoms with van der Waals surface area (Å²) in [6, 6.07) is 18.8. The third-order valence-electron chi connectivity index (χ3n) is 4.80. The average Bonchev–Trinajstić information content (AvgIpc) is 3.14. The lowest BCUT2D eigenvalue weighted by molar-refractivity contribution is -0.129. The Morgan fingerprint density at radius 1 is 1.12 bits per heavy atom. The molecule has 3 aromatic rings. The molecule has 0 amide bonds. The number of carbonyl (C=O) groups excluding carboxylic acids is 1. The number of esters is 1. The largest absolute Gasteiger partial charge is 0.493 e. The maximum atomic E-state index is 12.3. The molecule has 1 aliphatic heterocycles. The van der Waals surface area contributed by atoms with Crippen LogP contribution in [0.4, 0.5) is 0 Å². The van der Waals surface area contributed by atoms with Gasteiger partial charge in [-0.15, -0.1) is 0 Å². The van der Waals surface area contributed by atoms with Gasteiger partial charge < -0.3 is 14.2 Å². The zero-order valence-electron chi connectivity index (χ0n) is 17.4. The third-order valence-corrected chi connectivity index (χ3v) is 5.86. The Morgan fingerprint density at radius 2 is 1.88 bits per heavy atom. The molecular formula is C25H19BrClNO4. The van der Waals surface area contributed by atoms with Gasteiger partial charge in [-0.3, -0.25) is 0 Å². The van der Waals surface area contributed by atoms with Crippen LogP contribution in [0.25, 0.3) is 6.08 Å². The van der Waals surface area contributed by atoms with E-state index in [2.05, 4.69) is 20.9 Å². The quantitative estimate of drug-likeness (QED) is 0.285. The molecule has 0 aromatic heterocycles. The summed E-state index contributed by atoms with van der Waals surface area (Å²) in [5.74, 6) is 0.619. The summed E-state index contributed by atoms with van der Waals surface area (Å²) in [6.07, 6.45) is 1.61. The SMILES string of the molecule is COc1cc(/C=C2\N=C(c3ccc(C)cc3)OC2=O)cc(Cl)c1OCc1ccccc1Br. The van der Waals surface area contributed by atoms with Crippen LogP contribution in [0.3, 0.4) is 0 Å². The minimum absolute atomic E-state index is 0.181. The van der Waals surface area contributed by atoms with E-state index in [1.165, 1.54) is 7.11 Å². The van der Waals surface area contributed by atoms with E-state index < -0.39 is 5.97 Å². The number of methoxy groups -OCH3 is 1. The molecule has 162 valence electrons. The average molecular weight is 513 g/mol. The molecule has 0 unspecified atom stereocenters. The Bertz CT molecular complexity index is 1240. The van der Waals surface area contributed by atoms with E-state index in [1.807, 2.05) is 55.5 Å². The molecule has 7 heteroatoms. The van der Waals surface area contributed by atoms with Gasteiger partial charge in [0.25, 0.3) is 0 Å². The van der Waals surface area contributed by atoms with Crippen molar-refractivity contribution in [1.29, 1.82) is 0 Å². The molecule has 3 aromatic carbocycles. The highest BCUT2D eigenvalue weighted by Crippen LogP contribution is 2.38. The maximum absolute atomic E-state index is 12.3. The van der Waals surface area contributed by atoms with Crippen molar-refractivity contribution in [3.05, 3.63) is 98.1 Å². The first-order chi connectivity index (χ1) is 15.4. The van der Waals surface area contributed by atoms with Crippen LogP contribution in [-0.2, 0) is 16.1 Å². The second-order valence-corrected chi connectivity index (χ2v) is 8.38. The van der Waals surface area contributed by atoms with Crippen LogP contribution in [0, 0.1) is 6.92 Å². The topological polar surface area (TPSA) is 57.1 Å². The molecule has 32 heavy (non-hydrogen) atoms. The summed E-state index contributed by atoms with van der Waals surface area (Å²) in [4.78, 5) is 16.7. The Kier molecular flexibility index (Phi) is 6.63. The lowest BCUT2D eigenvalue weighted by Crippen LogP contribution is -2.05. The van der Waals surface area contributed by atoms with E-state index >= 15 is 0 Å². The molecular weight excluding hydrogens is 494 g/mol. The van der Waals surface area contributed by atoms with E-state index in [0.717, 1.165) is 21.2 Å². The Hall–Kier alpha value is -3.09. The number of hydrogen-bond donors (Lipinski definition) is 0. The molecule has 4 rings (SSSR count). The number of nitrogens with zero attached hydrogens (tertiary/aromatic N) is 1. The Morgan fingerprint density at radius 3 is 2.59 bits per heavy atom. The van der Waals surface area contributed by atoms with Crippen molar-refractivity contribution in [3.63, 3.8) is 0 Å². The van der Waals surface area contributed by atoms with Gasteiger partial charge in [-0.2, -0.15) is 0 Å². The molecule has 0 spiro atoms. The number of hydrogen-bond acceptors (Lipinski definition) is 5. The van der Waals surface area contributed by atoms with Gasteiger partial charge in [0.1, 0.15) is 6.61 Å². The van der Waals surface area contributed by atoms with Crippen LogP contribution in [0.2, 0.25) is 5.02 Å². The van der Waals surface area contributed by atoms with Gasteiger partial charge in [0, 0.05) is 15.6 Å². The zero-order chi connectivity index (χ0) is 22.7. The summed E-state index contributed by atoms with van der Waals surface area (Å²) in [6.45, 7) is 2.30. The molecule has 0 bridgehead atoms. The summed E-state index contributed by atoms with van der Waals surface area (Å²) in [7, 11) is 1.53. The van der Waals surface area contributed by atoms with Crippen molar-refractivity contribution in [1.82, 2.24) is 0 Å². The van der Waals surface area contributed by atoms with Gasteiger partial charge in [0.05, 0.1) is 12.1 Å². The van der Waals surface area contributed by atoms with Crippen LogP contribution in [0.1, 0.15) is 22.3 Å². The summed E-state index contributed by atoms with van der Waals surface area (Å²) < 4.78 is 17.7. The fourth-order valence-electron chi connectivity index (χ4n) is 3.12. The molecule has 1 aliphatic rings. The lowest BCUT2D eigenvalue weighted by atomic mass is 10.1. The number of benzene rings is 3. The lowest BCUT2D eigenvalue weighted by Gasteiger charge is -2.14. The Labute approximate surface area is 199 Å². The van der Waals surface area contributed by atoms with Gasteiger partial charge in [-0.25, -0.2) is 9.79 Å². The number of aliphatic imine (C=N–C) groups is 1. The van der Waals surface area contributed by atoms with Crippen molar-refractivity contribution < 1.29 is 19.0 Å².